The minimum atomic E-state index is -2.45. The Bertz CT molecular complexity index is 1120. The van der Waals surface area contributed by atoms with Crippen LogP contribution in [0.2, 0.25) is 0 Å². The van der Waals surface area contributed by atoms with Crippen molar-refractivity contribution in [3.05, 3.63) is 17.2 Å². The van der Waals surface area contributed by atoms with E-state index < -0.39 is 42.3 Å². The fourth-order valence-corrected chi connectivity index (χ4v) is 5.04. The fourth-order valence-electron chi connectivity index (χ4n) is 5.04. The Labute approximate surface area is 214 Å². The van der Waals surface area contributed by atoms with Gasteiger partial charge in [-0.2, -0.15) is 0 Å². The second-order valence-electron chi connectivity index (χ2n) is 10.1. The monoisotopic (exact) mass is 517 g/mol. The first-order valence-electron chi connectivity index (χ1n) is 12.5. The van der Waals surface area contributed by atoms with E-state index in [1.54, 1.807) is 4.90 Å². The molecule has 0 radical (unpaired) electrons. The Kier molecular flexibility index (Phi) is 6.92. The second kappa shape index (κ2) is 10.0. The van der Waals surface area contributed by atoms with E-state index in [9.17, 15) is 24.3 Å². The van der Waals surface area contributed by atoms with Crippen LogP contribution in [0.4, 0.5) is 0 Å². The van der Waals surface area contributed by atoms with Gasteiger partial charge >= 0.3 is 17.9 Å². The van der Waals surface area contributed by atoms with Crippen molar-refractivity contribution in [3.8, 4) is 17.2 Å². The Morgan fingerprint density at radius 3 is 2.24 bits per heavy atom. The predicted octanol–water partition coefficient (Wildman–Crippen LogP) is -0.0603. The van der Waals surface area contributed by atoms with Gasteiger partial charge < -0.3 is 29.0 Å². The van der Waals surface area contributed by atoms with Gasteiger partial charge in [0.05, 0.1) is 37.2 Å². The van der Waals surface area contributed by atoms with Crippen LogP contribution in [0, 0.1) is 0 Å². The smallest absolute Gasteiger partial charge is 0.344 e. The number of aliphatic hydroxyl groups is 1. The van der Waals surface area contributed by atoms with Crippen molar-refractivity contribution < 1.29 is 43.2 Å². The summed E-state index contributed by atoms with van der Waals surface area (Å²) >= 11 is 0. The number of nitrogens with zero attached hydrogens (tertiary/aromatic N) is 3. The third-order valence-electron chi connectivity index (χ3n) is 7.23. The molecule has 1 unspecified atom stereocenters. The number of morpholine rings is 1. The number of fused-ring (bicyclic) bond motifs is 3. The first-order valence-corrected chi connectivity index (χ1v) is 12.5. The third kappa shape index (κ3) is 5.06. The summed E-state index contributed by atoms with van der Waals surface area (Å²) in [5, 5.41) is 10.9. The average Bonchev–Trinajstić information content (AvgIpc) is 2.87. The van der Waals surface area contributed by atoms with E-state index in [-0.39, 0.29) is 34.9 Å². The molecule has 1 atom stereocenters. The van der Waals surface area contributed by atoms with Crippen LogP contribution < -0.4 is 14.2 Å². The summed E-state index contributed by atoms with van der Waals surface area (Å²) in [6, 6.07) is 1.71. The molecule has 1 aromatic carbocycles. The van der Waals surface area contributed by atoms with E-state index in [0.717, 1.165) is 0 Å². The fraction of sp³-hybridized carbons (Fsp3) is 0.600. The Balaban J connectivity index is 1.61. The molecule has 0 saturated carbocycles. The van der Waals surface area contributed by atoms with Crippen molar-refractivity contribution in [1.29, 1.82) is 0 Å². The van der Waals surface area contributed by atoms with E-state index >= 15 is 0 Å². The van der Waals surface area contributed by atoms with Gasteiger partial charge in [0.25, 0.3) is 5.91 Å². The minimum absolute atomic E-state index is 0.0226. The SMILES string of the molecule is CC(C)N1CCN(C(=O)c2cc3c(CN4CCOCC4)c4c2OC(=O)CC(O)(CC(=O)O3)C(=O)O4)CC1. The average molecular weight is 518 g/mol. The van der Waals surface area contributed by atoms with Crippen molar-refractivity contribution >= 4 is 23.8 Å². The summed E-state index contributed by atoms with van der Waals surface area (Å²) in [6.45, 7) is 8.72. The molecule has 1 amide bonds. The maximum Gasteiger partial charge on any atom is 0.344 e. The quantitative estimate of drug-likeness (QED) is 0.425. The molecule has 4 heterocycles. The molecule has 5 rings (SSSR count). The number of esters is 3. The molecule has 0 aromatic heterocycles. The summed E-state index contributed by atoms with van der Waals surface area (Å²) in [4.78, 5) is 58.3. The van der Waals surface area contributed by atoms with Crippen molar-refractivity contribution in [3.63, 3.8) is 0 Å². The van der Waals surface area contributed by atoms with Gasteiger partial charge in [-0.3, -0.25) is 24.2 Å². The molecule has 4 aliphatic rings. The van der Waals surface area contributed by atoms with Crippen LogP contribution >= 0.6 is 0 Å². The Hall–Kier alpha value is -3.06. The summed E-state index contributed by atoms with van der Waals surface area (Å²) in [5.41, 5.74) is -2.22. The van der Waals surface area contributed by atoms with Gasteiger partial charge in [0.1, 0.15) is 5.75 Å². The summed E-state index contributed by atoms with van der Waals surface area (Å²) < 4.78 is 22.2. The molecule has 12 heteroatoms. The number of amides is 1. The van der Waals surface area contributed by atoms with E-state index in [0.29, 0.717) is 58.5 Å². The van der Waals surface area contributed by atoms with Crippen molar-refractivity contribution in [2.75, 3.05) is 52.5 Å². The van der Waals surface area contributed by atoms with Gasteiger partial charge in [-0.1, -0.05) is 0 Å². The summed E-state index contributed by atoms with van der Waals surface area (Å²) in [5.74, 6) is -3.88. The number of carbonyl (C=O) groups is 4. The molecule has 200 valence electrons. The molecule has 2 saturated heterocycles. The van der Waals surface area contributed by atoms with Gasteiger partial charge in [0, 0.05) is 51.9 Å². The topological polar surface area (TPSA) is 135 Å². The van der Waals surface area contributed by atoms with Gasteiger partial charge in [0.15, 0.2) is 17.1 Å². The van der Waals surface area contributed by atoms with Gasteiger partial charge in [-0.25, -0.2) is 4.79 Å². The van der Waals surface area contributed by atoms with Crippen LogP contribution in [0.5, 0.6) is 17.2 Å². The standard InChI is InChI=1S/C25H31N3O9/c1-15(2)27-3-5-28(6-4-27)23(31)16-11-18-17(14-26-7-9-34-10-8-26)22-21(16)36-20(30)13-25(33,24(32)37-22)12-19(29)35-18/h11,15,33H,3-10,12-14H2,1-2H3. The highest BCUT2D eigenvalue weighted by molar-refractivity contribution is 6.02. The van der Waals surface area contributed by atoms with E-state index in [1.807, 2.05) is 4.90 Å². The van der Waals surface area contributed by atoms with Crippen molar-refractivity contribution in [2.24, 2.45) is 0 Å². The van der Waals surface area contributed by atoms with E-state index in [1.165, 1.54) is 6.07 Å². The normalized spacial score (nSPS) is 25.1. The molecule has 37 heavy (non-hydrogen) atoms. The van der Waals surface area contributed by atoms with Crippen LogP contribution in [0.1, 0.15) is 42.6 Å². The number of carbonyl (C=O) groups excluding carboxylic acids is 4. The van der Waals surface area contributed by atoms with E-state index in [2.05, 4.69) is 18.7 Å². The van der Waals surface area contributed by atoms with Crippen LogP contribution in [0.3, 0.4) is 0 Å². The zero-order valence-corrected chi connectivity index (χ0v) is 21.0. The van der Waals surface area contributed by atoms with Crippen molar-refractivity contribution in [1.82, 2.24) is 14.7 Å². The molecule has 1 aromatic rings. The minimum Gasteiger partial charge on any atom is -0.426 e. The van der Waals surface area contributed by atoms with Crippen LogP contribution in [0.25, 0.3) is 0 Å². The predicted molar refractivity (Wildman–Crippen MR) is 126 cm³/mol. The second-order valence-corrected chi connectivity index (χ2v) is 10.1. The molecular weight excluding hydrogens is 486 g/mol. The summed E-state index contributed by atoms with van der Waals surface area (Å²) in [7, 11) is 0. The first kappa shape index (κ1) is 25.6. The molecule has 1 N–H and O–H groups in total. The Morgan fingerprint density at radius 2 is 1.59 bits per heavy atom. The lowest BCUT2D eigenvalue weighted by atomic mass is 9.95. The number of benzene rings is 1. The number of ether oxygens (including phenoxy) is 4. The highest BCUT2D eigenvalue weighted by Gasteiger charge is 2.48. The lowest BCUT2D eigenvalue weighted by Gasteiger charge is -2.37. The highest BCUT2D eigenvalue weighted by atomic mass is 16.6. The highest BCUT2D eigenvalue weighted by Crippen LogP contribution is 2.46. The number of rotatable bonds is 4. The van der Waals surface area contributed by atoms with Gasteiger partial charge in [0.2, 0.25) is 0 Å². The van der Waals surface area contributed by atoms with Gasteiger partial charge in [-0.05, 0) is 19.9 Å². The molecule has 3 bridgehead atoms. The Morgan fingerprint density at radius 1 is 0.946 bits per heavy atom. The molecule has 0 spiro atoms. The van der Waals surface area contributed by atoms with E-state index in [4.69, 9.17) is 18.9 Å². The third-order valence-corrected chi connectivity index (χ3v) is 7.23. The molecular formula is C25H31N3O9. The zero-order valence-electron chi connectivity index (χ0n) is 21.0. The van der Waals surface area contributed by atoms with Crippen LogP contribution in [0.15, 0.2) is 6.07 Å². The largest absolute Gasteiger partial charge is 0.426 e. The van der Waals surface area contributed by atoms with Crippen LogP contribution in [-0.2, 0) is 25.7 Å². The lowest BCUT2D eigenvalue weighted by Crippen LogP contribution is -2.51. The number of hydrogen-bond acceptors (Lipinski definition) is 11. The molecule has 0 aliphatic carbocycles. The molecule has 2 fully saturated rings. The summed E-state index contributed by atoms with van der Waals surface area (Å²) in [6.07, 6.45) is -1.62. The maximum absolute atomic E-state index is 13.7. The van der Waals surface area contributed by atoms with Crippen LogP contribution in [-0.4, -0.2) is 108 Å². The van der Waals surface area contributed by atoms with Crippen molar-refractivity contribution in [2.45, 2.75) is 44.9 Å². The number of hydrogen-bond donors (Lipinski definition) is 1. The zero-order chi connectivity index (χ0) is 26.3. The van der Waals surface area contributed by atoms with Gasteiger partial charge in [-0.15, -0.1) is 0 Å². The lowest BCUT2D eigenvalue weighted by molar-refractivity contribution is -0.168. The first-order chi connectivity index (χ1) is 17.6. The number of piperazine rings is 1. The maximum atomic E-state index is 13.7. The molecule has 12 nitrogen and oxygen atoms in total. The molecule has 4 aliphatic heterocycles.